The molecule has 0 spiro atoms. The molecule has 6 heteroatoms. The Morgan fingerprint density at radius 3 is 1.88 bits per heavy atom. The summed E-state index contributed by atoms with van der Waals surface area (Å²) in [7, 11) is -4.35. The van der Waals surface area contributed by atoms with Crippen LogP contribution in [0.1, 0.15) is 11.1 Å². The van der Waals surface area contributed by atoms with Crippen molar-refractivity contribution in [2.24, 2.45) is 0 Å². The molecule has 0 heterocycles. The van der Waals surface area contributed by atoms with E-state index in [9.17, 15) is 17.2 Å². The first-order valence-corrected chi connectivity index (χ1v) is 9.04. The normalized spacial score (nSPS) is 11.3. The predicted molar refractivity (Wildman–Crippen MR) is 92.9 cm³/mol. The second kappa shape index (κ2) is 7.03. The molecule has 0 saturated carbocycles. The van der Waals surface area contributed by atoms with Gasteiger partial charge in [0.2, 0.25) is 0 Å². The molecule has 0 aliphatic rings. The Kier molecular flexibility index (Phi) is 4.81. The van der Waals surface area contributed by atoms with Gasteiger partial charge in [0, 0.05) is 5.69 Å². The van der Waals surface area contributed by atoms with Gasteiger partial charge in [-0.05, 0) is 41.8 Å². The Morgan fingerprint density at radius 1 is 0.720 bits per heavy atom. The first-order chi connectivity index (χ1) is 12.0. The van der Waals surface area contributed by atoms with Gasteiger partial charge in [0.25, 0.3) is 10.0 Å². The fraction of sp³-hybridized carbons (Fsp3) is 0.0526. The average molecular weight is 359 g/mol. The number of nitrogens with one attached hydrogen (secondary N) is 1. The summed E-state index contributed by atoms with van der Waals surface area (Å²) in [5.74, 6) is -2.26. The molecule has 0 amide bonds. The van der Waals surface area contributed by atoms with Crippen LogP contribution < -0.4 is 4.72 Å². The Bertz CT molecular complexity index is 952. The molecular weight excluding hydrogens is 344 g/mol. The summed E-state index contributed by atoms with van der Waals surface area (Å²) < 4.78 is 54.0. The maximum Gasteiger partial charge on any atom is 0.267 e. The Balaban J connectivity index is 1.79. The van der Waals surface area contributed by atoms with E-state index >= 15 is 0 Å². The largest absolute Gasteiger partial charge is 0.279 e. The maximum absolute atomic E-state index is 13.7. The summed E-state index contributed by atoms with van der Waals surface area (Å²) in [6.07, 6.45) is 0.704. The lowest BCUT2D eigenvalue weighted by atomic mass is 10.1. The number of hydrogen-bond donors (Lipinski definition) is 1. The fourth-order valence-electron chi connectivity index (χ4n) is 2.47. The van der Waals surface area contributed by atoms with E-state index < -0.39 is 26.6 Å². The molecule has 0 atom stereocenters. The lowest BCUT2D eigenvalue weighted by molar-refractivity contribution is 0.521. The van der Waals surface area contributed by atoms with Crippen LogP contribution in [0.25, 0.3) is 0 Å². The molecule has 3 aromatic carbocycles. The molecule has 0 radical (unpaired) electrons. The van der Waals surface area contributed by atoms with E-state index in [-0.39, 0.29) is 5.69 Å². The number of hydrogen-bond acceptors (Lipinski definition) is 2. The summed E-state index contributed by atoms with van der Waals surface area (Å²) in [5, 5.41) is 0. The van der Waals surface area contributed by atoms with Crippen molar-refractivity contribution in [2.75, 3.05) is 4.72 Å². The van der Waals surface area contributed by atoms with Crippen LogP contribution in [0.4, 0.5) is 14.5 Å². The molecular formula is C19H15F2NO2S. The molecule has 0 aliphatic carbocycles. The smallest absolute Gasteiger partial charge is 0.267 e. The lowest BCUT2D eigenvalue weighted by Gasteiger charge is -2.10. The molecule has 1 N–H and O–H groups in total. The van der Waals surface area contributed by atoms with Gasteiger partial charge < -0.3 is 0 Å². The van der Waals surface area contributed by atoms with Gasteiger partial charge in [0.1, 0.15) is 11.6 Å². The molecule has 3 aromatic rings. The summed E-state index contributed by atoms with van der Waals surface area (Å²) in [5.41, 5.74) is 2.36. The number of halogens is 2. The Labute approximate surface area is 145 Å². The van der Waals surface area contributed by atoms with E-state index in [0.717, 1.165) is 29.3 Å². The van der Waals surface area contributed by atoms with E-state index in [1.165, 1.54) is 0 Å². The van der Waals surface area contributed by atoms with Crippen molar-refractivity contribution in [3.05, 3.63) is 95.6 Å². The third-order valence-corrected chi connectivity index (χ3v) is 5.08. The number of rotatable bonds is 5. The summed E-state index contributed by atoms with van der Waals surface area (Å²) in [6.45, 7) is 0. The van der Waals surface area contributed by atoms with Crippen molar-refractivity contribution in [1.82, 2.24) is 0 Å². The molecule has 0 saturated heterocycles. The zero-order chi connectivity index (χ0) is 17.9. The molecule has 0 aliphatic heterocycles. The van der Waals surface area contributed by atoms with Crippen LogP contribution in [0.5, 0.6) is 0 Å². The van der Waals surface area contributed by atoms with E-state index in [4.69, 9.17) is 0 Å². The third-order valence-electron chi connectivity index (χ3n) is 3.64. The Hall–Kier alpha value is -2.73. The van der Waals surface area contributed by atoms with Gasteiger partial charge in [-0.3, -0.25) is 4.72 Å². The number of benzene rings is 3. The van der Waals surface area contributed by atoms with Crippen molar-refractivity contribution in [3.8, 4) is 0 Å². The SMILES string of the molecule is O=S(=O)(Nc1ccc(Cc2ccccc2)cc1)c1c(F)cccc1F. The molecule has 128 valence electrons. The van der Waals surface area contributed by atoms with Crippen molar-refractivity contribution in [2.45, 2.75) is 11.3 Å². The van der Waals surface area contributed by atoms with E-state index in [1.807, 2.05) is 30.3 Å². The molecule has 0 bridgehead atoms. The van der Waals surface area contributed by atoms with Crippen LogP contribution in [0.15, 0.2) is 77.7 Å². The van der Waals surface area contributed by atoms with Crippen LogP contribution in [-0.2, 0) is 16.4 Å². The summed E-state index contributed by atoms with van der Waals surface area (Å²) in [4.78, 5) is -0.983. The third kappa shape index (κ3) is 4.03. The molecule has 3 rings (SSSR count). The second-order valence-corrected chi connectivity index (χ2v) is 7.13. The Morgan fingerprint density at radius 2 is 1.28 bits per heavy atom. The lowest BCUT2D eigenvalue weighted by Crippen LogP contribution is -2.16. The molecule has 0 fully saturated rings. The van der Waals surface area contributed by atoms with E-state index in [1.54, 1.807) is 24.3 Å². The minimum atomic E-state index is -4.35. The monoisotopic (exact) mass is 359 g/mol. The summed E-state index contributed by atoms with van der Waals surface area (Å²) in [6, 6.07) is 19.4. The molecule has 25 heavy (non-hydrogen) atoms. The van der Waals surface area contributed by atoms with Gasteiger partial charge in [-0.15, -0.1) is 0 Å². The van der Waals surface area contributed by atoms with Gasteiger partial charge in [-0.1, -0.05) is 48.5 Å². The first-order valence-electron chi connectivity index (χ1n) is 7.55. The molecule has 0 aromatic heterocycles. The zero-order valence-electron chi connectivity index (χ0n) is 13.1. The minimum Gasteiger partial charge on any atom is -0.279 e. The molecule has 3 nitrogen and oxygen atoms in total. The van der Waals surface area contributed by atoms with Gasteiger partial charge in [-0.2, -0.15) is 0 Å². The van der Waals surface area contributed by atoms with Crippen LogP contribution in [0.2, 0.25) is 0 Å². The number of sulfonamides is 1. The van der Waals surface area contributed by atoms with Crippen molar-refractivity contribution in [1.29, 1.82) is 0 Å². The number of anilines is 1. The highest BCUT2D eigenvalue weighted by Crippen LogP contribution is 2.22. The molecule has 0 unspecified atom stereocenters. The van der Waals surface area contributed by atoms with Crippen LogP contribution in [0, 0.1) is 11.6 Å². The van der Waals surface area contributed by atoms with Crippen molar-refractivity contribution >= 4 is 15.7 Å². The van der Waals surface area contributed by atoms with Crippen molar-refractivity contribution < 1.29 is 17.2 Å². The average Bonchev–Trinajstić information content (AvgIpc) is 2.57. The zero-order valence-corrected chi connectivity index (χ0v) is 13.9. The highest BCUT2D eigenvalue weighted by atomic mass is 32.2. The van der Waals surface area contributed by atoms with Gasteiger partial charge >= 0.3 is 0 Å². The fourth-order valence-corrected chi connectivity index (χ4v) is 3.67. The van der Waals surface area contributed by atoms with Gasteiger partial charge in [-0.25, -0.2) is 17.2 Å². The predicted octanol–water partition coefficient (Wildman–Crippen LogP) is 4.36. The quantitative estimate of drug-likeness (QED) is 0.736. The van der Waals surface area contributed by atoms with E-state index in [2.05, 4.69) is 4.72 Å². The highest BCUT2D eigenvalue weighted by Gasteiger charge is 2.23. The van der Waals surface area contributed by atoms with E-state index in [0.29, 0.717) is 6.42 Å². The summed E-state index contributed by atoms with van der Waals surface area (Å²) >= 11 is 0. The van der Waals surface area contributed by atoms with Crippen LogP contribution in [0.3, 0.4) is 0 Å². The first kappa shape index (κ1) is 17.1. The van der Waals surface area contributed by atoms with Crippen molar-refractivity contribution in [3.63, 3.8) is 0 Å². The minimum absolute atomic E-state index is 0.236. The maximum atomic E-state index is 13.7. The van der Waals surface area contributed by atoms with Gasteiger partial charge in [0.15, 0.2) is 4.90 Å². The standard InChI is InChI=1S/C19H15F2NO2S/c20-17-7-4-8-18(21)19(17)25(23,24)22-16-11-9-15(10-12-16)13-14-5-2-1-3-6-14/h1-12,22H,13H2. The highest BCUT2D eigenvalue weighted by molar-refractivity contribution is 7.92. The topological polar surface area (TPSA) is 46.2 Å². The second-order valence-electron chi connectivity index (χ2n) is 5.52. The van der Waals surface area contributed by atoms with Crippen LogP contribution >= 0.6 is 0 Å². The van der Waals surface area contributed by atoms with Gasteiger partial charge in [0.05, 0.1) is 0 Å². The van der Waals surface area contributed by atoms with Crippen LogP contribution in [-0.4, -0.2) is 8.42 Å².